The van der Waals surface area contributed by atoms with E-state index in [2.05, 4.69) is 10.3 Å². The van der Waals surface area contributed by atoms with Crippen LogP contribution in [-0.2, 0) is 20.9 Å². The predicted molar refractivity (Wildman–Crippen MR) is 123 cm³/mol. The standard InChI is InChI=1S/C23H22FN3O6S/c1-14(28)27(18-7-5-4-6-17(18)24)23-26-16(13-34-23)12-33-21(29)11-25-22(30)15-8-9-19(31-2)20(10-15)32-3/h4-10,13H,11-12H2,1-3H3,(H,25,30). The zero-order valence-corrected chi connectivity index (χ0v) is 19.5. The van der Waals surface area contributed by atoms with Crippen LogP contribution in [0.15, 0.2) is 47.8 Å². The molecule has 0 saturated heterocycles. The van der Waals surface area contributed by atoms with Gasteiger partial charge < -0.3 is 19.5 Å². The number of rotatable bonds is 9. The van der Waals surface area contributed by atoms with Gasteiger partial charge in [0.05, 0.1) is 25.6 Å². The lowest BCUT2D eigenvalue weighted by atomic mass is 10.2. The Hall–Kier alpha value is -3.99. The molecule has 1 heterocycles. The molecule has 9 nitrogen and oxygen atoms in total. The van der Waals surface area contributed by atoms with Gasteiger partial charge in [-0.1, -0.05) is 12.1 Å². The molecule has 0 aliphatic rings. The third-order valence-corrected chi connectivity index (χ3v) is 5.43. The molecule has 34 heavy (non-hydrogen) atoms. The molecule has 2 aromatic carbocycles. The second-order valence-electron chi connectivity index (χ2n) is 6.84. The van der Waals surface area contributed by atoms with Gasteiger partial charge in [0, 0.05) is 17.9 Å². The van der Waals surface area contributed by atoms with E-state index in [9.17, 15) is 18.8 Å². The molecule has 0 fully saturated rings. The van der Waals surface area contributed by atoms with Crippen molar-refractivity contribution < 1.29 is 33.0 Å². The van der Waals surface area contributed by atoms with E-state index in [1.54, 1.807) is 17.5 Å². The van der Waals surface area contributed by atoms with Crippen molar-refractivity contribution >= 4 is 39.9 Å². The molecule has 11 heteroatoms. The zero-order chi connectivity index (χ0) is 24.7. The Morgan fingerprint density at radius 1 is 1.09 bits per heavy atom. The van der Waals surface area contributed by atoms with Gasteiger partial charge in [0.2, 0.25) is 5.91 Å². The average Bonchev–Trinajstić information content (AvgIpc) is 3.30. The monoisotopic (exact) mass is 487 g/mol. The Balaban J connectivity index is 1.56. The number of aromatic nitrogens is 1. The van der Waals surface area contributed by atoms with Gasteiger partial charge in [-0.2, -0.15) is 0 Å². The number of thiazole rings is 1. The Labute approximate surface area is 199 Å². The second kappa shape index (κ2) is 11.2. The Bertz CT molecular complexity index is 1200. The van der Waals surface area contributed by atoms with Gasteiger partial charge in [-0.15, -0.1) is 11.3 Å². The fourth-order valence-electron chi connectivity index (χ4n) is 2.94. The number of methoxy groups -OCH3 is 2. The molecule has 1 aromatic heterocycles. The molecular formula is C23H22FN3O6S. The van der Waals surface area contributed by atoms with Crippen molar-refractivity contribution in [1.29, 1.82) is 0 Å². The van der Waals surface area contributed by atoms with Crippen LogP contribution in [0, 0.1) is 5.82 Å². The van der Waals surface area contributed by atoms with Gasteiger partial charge in [-0.25, -0.2) is 9.37 Å². The number of esters is 1. The van der Waals surface area contributed by atoms with Crippen molar-refractivity contribution in [2.24, 2.45) is 0 Å². The number of para-hydroxylation sites is 1. The number of carbonyl (C=O) groups is 3. The molecule has 0 radical (unpaired) electrons. The summed E-state index contributed by atoms with van der Waals surface area (Å²) in [4.78, 5) is 41.9. The normalized spacial score (nSPS) is 10.4. The average molecular weight is 488 g/mol. The number of hydrogen-bond donors (Lipinski definition) is 1. The molecule has 178 valence electrons. The van der Waals surface area contributed by atoms with Crippen molar-refractivity contribution in [3.8, 4) is 11.5 Å². The van der Waals surface area contributed by atoms with Crippen LogP contribution in [0.2, 0.25) is 0 Å². The molecule has 0 saturated carbocycles. The molecule has 1 N–H and O–H groups in total. The summed E-state index contributed by atoms with van der Waals surface area (Å²) >= 11 is 1.11. The van der Waals surface area contributed by atoms with E-state index in [0.29, 0.717) is 17.2 Å². The van der Waals surface area contributed by atoms with Crippen molar-refractivity contribution in [1.82, 2.24) is 10.3 Å². The topological polar surface area (TPSA) is 107 Å². The lowest BCUT2D eigenvalue weighted by molar-refractivity contribution is -0.143. The molecular weight excluding hydrogens is 465 g/mol. The summed E-state index contributed by atoms with van der Waals surface area (Å²) in [5, 5.41) is 4.31. The van der Waals surface area contributed by atoms with Gasteiger partial charge >= 0.3 is 5.97 Å². The van der Waals surface area contributed by atoms with Crippen LogP contribution in [0.3, 0.4) is 0 Å². The quantitative estimate of drug-likeness (QED) is 0.461. The zero-order valence-electron chi connectivity index (χ0n) is 18.7. The largest absolute Gasteiger partial charge is 0.493 e. The van der Waals surface area contributed by atoms with Gasteiger partial charge in [0.15, 0.2) is 16.6 Å². The van der Waals surface area contributed by atoms with E-state index in [-0.39, 0.29) is 29.5 Å². The number of benzene rings is 2. The Morgan fingerprint density at radius 3 is 2.50 bits per heavy atom. The smallest absolute Gasteiger partial charge is 0.325 e. The fraction of sp³-hybridized carbons (Fsp3) is 0.217. The highest BCUT2D eigenvalue weighted by molar-refractivity contribution is 7.14. The van der Waals surface area contributed by atoms with Gasteiger partial charge in [0.1, 0.15) is 19.0 Å². The number of anilines is 2. The number of ether oxygens (including phenoxy) is 3. The van der Waals surface area contributed by atoms with E-state index < -0.39 is 23.6 Å². The Kier molecular flexibility index (Phi) is 8.14. The maximum Gasteiger partial charge on any atom is 0.325 e. The van der Waals surface area contributed by atoms with Gasteiger partial charge in [0.25, 0.3) is 5.91 Å². The van der Waals surface area contributed by atoms with Crippen LogP contribution in [-0.4, -0.2) is 43.5 Å². The van der Waals surface area contributed by atoms with Crippen LogP contribution in [0.4, 0.5) is 15.2 Å². The first-order valence-corrected chi connectivity index (χ1v) is 10.9. The third-order valence-electron chi connectivity index (χ3n) is 4.56. The summed E-state index contributed by atoms with van der Waals surface area (Å²) in [6, 6.07) is 10.5. The van der Waals surface area contributed by atoms with Crippen molar-refractivity contribution in [2.45, 2.75) is 13.5 Å². The lowest BCUT2D eigenvalue weighted by Gasteiger charge is -2.18. The van der Waals surface area contributed by atoms with Crippen LogP contribution in [0.1, 0.15) is 23.0 Å². The third kappa shape index (κ3) is 5.87. The van der Waals surface area contributed by atoms with Crippen LogP contribution in [0.25, 0.3) is 0 Å². The van der Waals surface area contributed by atoms with E-state index >= 15 is 0 Å². The molecule has 3 rings (SSSR count). The summed E-state index contributed by atoms with van der Waals surface area (Å²) in [5.41, 5.74) is 0.736. The summed E-state index contributed by atoms with van der Waals surface area (Å²) in [7, 11) is 2.93. The number of nitrogens with zero attached hydrogens (tertiary/aromatic N) is 2. The second-order valence-corrected chi connectivity index (χ2v) is 7.68. The van der Waals surface area contributed by atoms with E-state index in [1.165, 1.54) is 51.5 Å². The highest BCUT2D eigenvalue weighted by Gasteiger charge is 2.21. The van der Waals surface area contributed by atoms with E-state index in [4.69, 9.17) is 14.2 Å². The van der Waals surface area contributed by atoms with Crippen molar-refractivity contribution in [3.63, 3.8) is 0 Å². The number of hydrogen-bond acceptors (Lipinski definition) is 8. The van der Waals surface area contributed by atoms with Crippen LogP contribution in [0.5, 0.6) is 11.5 Å². The fourth-order valence-corrected chi connectivity index (χ4v) is 3.81. The molecule has 2 amide bonds. The summed E-state index contributed by atoms with van der Waals surface area (Å²) < 4.78 is 29.6. The van der Waals surface area contributed by atoms with Crippen LogP contribution < -0.4 is 19.7 Å². The first kappa shape index (κ1) is 24.6. The molecule has 0 unspecified atom stereocenters. The van der Waals surface area contributed by atoms with Crippen molar-refractivity contribution in [3.05, 3.63) is 64.9 Å². The van der Waals surface area contributed by atoms with Crippen molar-refractivity contribution in [2.75, 3.05) is 25.7 Å². The maximum atomic E-state index is 14.2. The van der Waals surface area contributed by atoms with Gasteiger partial charge in [-0.3, -0.25) is 19.3 Å². The lowest BCUT2D eigenvalue weighted by Crippen LogP contribution is -2.30. The number of nitrogens with one attached hydrogen (secondary N) is 1. The minimum Gasteiger partial charge on any atom is -0.493 e. The summed E-state index contributed by atoms with van der Waals surface area (Å²) in [5.74, 6) is -1.30. The molecule has 3 aromatic rings. The molecule has 0 spiro atoms. The van der Waals surface area contributed by atoms with Crippen LogP contribution >= 0.6 is 11.3 Å². The minimum absolute atomic E-state index is 0.0748. The molecule has 0 atom stereocenters. The molecule has 0 aliphatic heterocycles. The summed E-state index contributed by atoms with van der Waals surface area (Å²) in [6.07, 6.45) is 0. The number of halogens is 1. The first-order chi connectivity index (χ1) is 16.3. The maximum absolute atomic E-state index is 14.2. The predicted octanol–water partition coefficient (Wildman–Crippen LogP) is 3.46. The summed E-state index contributed by atoms with van der Waals surface area (Å²) in [6.45, 7) is 0.762. The highest BCUT2D eigenvalue weighted by Crippen LogP contribution is 2.31. The highest BCUT2D eigenvalue weighted by atomic mass is 32.1. The minimum atomic E-state index is -0.680. The number of carbonyl (C=O) groups excluding carboxylic acids is 3. The van der Waals surface area contributed by atoms with E-state index in [1.807, 2.05) is 0 Å². The first-order valence-electron chi connectivity index (χ1n) is 9.99. The van der Waals surface area contributed by atoms with E-state index in [0.717, 1.165) is 16.2 Å². The number of amides is 2. The van der Waals surface area contributed by atoms with Gasteiger partial charge in [-0.05, 0) is 30.3 Å². The Morgan fingerprint density at radius 2 is 1.82 bits per heavy atom. The molecule has 0 aliphatic carbocycles. The SMILES string of the molecule is COc1ccc(C(=O)NCC(=O)OCc2csc(N(C(C)=O)c3ccccc3F)n2)cc1OC. The molecule has 0 bridgehead atoms.